The summed E-state index contributed by atoms with van der Waals surface area (Å²) in [5.74, 6) is -0.804. The lowest BCUT2D eigenvalue weighted by atomic mass is 9.89. The molecule has 1 aliphatic carbocycles. The van der Waals surface area contributed by atoms with Crippen molar-refractivity contribution in [2.24, 2.45) is 5.41 Å². The summed E-state index contributed by atoms with van der Waals surface area (Å²) in [5.41, 5.74) is 0.261. The molecule has 0 unspecified atom stereocenters. The zero-order chi connectivity index (χ0) is 15.3. The summed E-state index contributed by atoms with van der Waals surface area (Å²) >= 11 is 0. The third-order valence-electron chi connectivity index (χ3n) is 4.71. The predicted molar refractivity (Wildman–Crippen MR) is 80.2 cm³/mol. The standard InChI is InChI=1S/C15H27N3O3/c1-15(5-2-3-6-15)12-16-14(21)18-8-4-7-17(9-10-18)11-13(19)20/h2-12H2,1H3,(H,16,21)(H,19,20). The molecule has 1 saturated heterocycles. The Bertz CT molecular complexity index is 380. The molecule has 6 heteroatoms. The predicted octanol–water partition coefficient (Wildman–Crippen LogP) is 1.37. The molecule has 2 fully saturated rings. The van der Waals surface area contributed by atoms with Gasteiger partial charge < -0.3 is 15.3 Å². The SMILES string of the molecule is CC1(CNC(=O)N2CCCN(CC(=O)O)CC2)CCCC1. The van der Waals surface area contributed by atoms with Crippen LogP contribution < -0.4 is 5.32 Å². The van der Waals surface area contributed by atoms with E-state index in [4.69, 9.17) is 5.11 Å². The summed E-state index contributed by atoms with van der Waals surface area (Å²) in [7, 11) is 0. The van der Waals surface area contributed by atoms with Crippen LogP contribution in [0.4, 0.5) is 4.79 Å². The number of hydrogen-bond donors (Lipinski definition) is 2. The van der Waals surface area contributed by atoms with Crippen LogP contribution in [0.3, 0.4) is 0 Å². The monoisotopic (exact) mass is 297 g/mol. The van der Waals surface area contributed by atoms with E-state index in [-0.39, 0.29) is 18.0 Å². The summed E-state index contributed by atoms with van der Waals surface area (Å²) in [6, 6.07) is 0.000278. The highest BCUT2D eigenvalue weighted by Crippen LogP contribution is 2.36. The molecule has 0 aromatic rings. The first-order chi connectivity index (χ1) is 9.98. The van der Waals surface area contributed by atoms with Crippen molar-refractivity contribution in [3.8, 4) is 0 Å². The first kappa shape index (κ1) is 16.1. The second kappa shape index (κ2) is 7.11. The summed E-state index contributed by atoms with van der Waals surface area (Å²) in [6.07, 6.45) is 5.75. The number of urea groups is 1. The van der Waals surface area contributed by atoms with Gasteiger partial charge in [-0.3, -0.25) is 9.69 Å². The maximum atomic E-state index is 12.3. The fourth-order valence-corrected chi connectivity index (χ4v) is 3.33. The lowest BCUT2D eigenvalue weighted by Crippen LogP contribution is -2.45. The van der Waals surface area contributed by atoms with Crippen molar-refractivity contribution in [2.45, 2.75) is 39.0 Å². The van der Waals surface area contributed by atoms with Crippen LogP contribution in [0.25, 0.3) is 0 Å². The van der Waals surface area contributed by atoms with Crippen LogP contribution in [0.5, 0.6) is 0 Å². The molecule has 0 radical (unpaired) electrons. The van der Waals surface area contributed by atoms with Gasteiger partial charge in [0, 0.05) is 32.7 Å². The van der Waals surface area contributed by atoms with Crippen LogP contribution in [0, 0.1) is 5.41 Å². The molecular weight excluding hydrogens is 270 g/mol. The van der Waals surface area contributed by atoms with Gasteiger partial charge in [0.1, 0.15) is 0 Å². The van der Waals surface area contributed by atoms with E-state index in [9.17, 15) is 9.59 Å². The third-order valence-corrected chi connectivity index (χ3v) is 4.71. The number of hydrogen-bond acceptors (Lipinski definition) is 3. The number of carboxylic acid groups (broad SMARTS) is 1. The second-order valence-electron chi connectivity index (χ2n) is 6.69. The fourth-order valence-electron chi connectivity index (χ4n) is 3.33. The van der Waals surface area contributed by atoms with E-state index < -0.39 is 5.97 Å². The highest BCUT2D eigenvalue weighted by atomic mass is 16.4. The van der Waals surface area contributed by atoms with Gasteiger partial charge in [0.25, 0.3) is 0 Å². The van der Waals surface area contributed by atoms with Crippen molar-refractivity contribution in [3.63, 3.8) is 0 Å². The van der Waals surface area contributed by atoms with Gasteiger partial charge >= 0.3 is 12.0 Å². The number of nitrogens with zero attached hydrogens (tertiary/aromatic N) is 2. The van der Waals surface area contributed by atoms with Crippen LogP contribution in [0.1, 0.15) is 39.0 Å². The number of aliphatic carboxylic acids is 1. The van der Waals surface area contributed by atoms with Gasteiger partial charge in [0.15, 0.2) is 0 Å². The minimum atomic E-state index is -0.804. The van der Waals surface area contributed by atoms with Crippen molar-refractivity contribution in [1.29, 1.82) is 0 Å². The van der Waals surface area contributed by atoms with Gasteiger partial charge in [0.2, 0.25) is 0 Å². The van der Waals surface area contributed by atoms with E-state index in [1.165, 1.54) is 25.7 Å². The minimum Gasteiger partial charge on any atom is -0.480 e. The first-order valence-electron chi connectivity index (χ1n) is 7.95. The molecule has 2 rings (SSSR count). The Morgan fingerprint density at radius 3 is 2.48 bits per heavy atom. The van der Waals surface area contributed by atoms with Crippen LogP contribution in [0.15, 0.2) is 0 Å². The van der Waals surface area contributed by atoms with Crippen LogP contribution in [0.2, 0.25) is 0 Å². The van der Waals surface area contributed by atoms with E-state index >= 15 is 0 Å². The van der Waals surface area contributed by atoms with Crippen LogP contribution in [-0.4, -0.2) is 66.2 Å². The van der Waals surface area contributed by atoms with E-state index in [0.717, 1.165) is 19.5 Å². The van der Waals surface area contributed by atoms with Crippen molar-refractivity contribution in [2.75, 3.05) is 39.3 Å². The van der Waals surface area contributed by atoms with Gasteiger partial charge in [-0.05, 0) is 24.7 Å². The maximum absolute atomic E-state index is 12.3. The van der Waals surface area contributed by atoms with Crippen molar-refractivity contribution in [3.05, 3.63) is 0 Å². The summed E-state index contributed by atoms with van der Waals surface area (Å²) < 4.78 is 0. The molecule has 0 bridgehead atoms. The van der Waals surface area contributed by atoms with Gasteiger partial charge in [0.05, 0.1) is 6.54 Å². The van der Waals surface area contributed by atoms with E-state index in [2.05, 4.69) is 12.2 Å². The summed E-state index contributed by atoms with van der Waals surface area (Å²) in [5, 5.41) is 11.9. The number of nitrogens with one attached hydrogen (secondary N) is 1. The number of amides is 2. The quantitative estimate of drug-likeness (QED) is 0.822. The maximum Gasteiger partial charge on any atom is 0.317 e. The summed E-state index contributed by atoms with van der Waals surface area (Å²) in [6.45, 7) is 5.76. The fraction of sp³-hybridized carbons (Fsp3) is 0.867. The topological polar surface area (TPSA) is 72.9 Å². The molecule has 1 saturated carbocycles. The minimum absolute atomic E-state index is 0.000278. The Kier molecular flexibility index (Phi) is 5.45. The number of carbonyl (C=O) groups is 2. The molecule has 0 aromatic heterocycles. The molecule has 2 aliphatic rings. The van der Waals surface area contributed by atoms with Crippen molar-refractivity contribution >= 4 is 12.0 Å². The highest BCUT2D eigenvalue weighted by Gasteiger charge is 2.29. The lowest BCUT2D eigenvalue weighted by molar-refractivity contribution is -0.138. The zero-order valence-corrected chi connectivity index (χ0v) is 12.9. The molecule has 0 atom stereocenters. The Hall–Kier alpha value is -1.30. The molecule has 1 aliphatic heterocycles. The Balaban J connectivity index is 1.76. The number of carbonyl (C=O) groups excluding carboxylic acids is 1. The van der Waals surface area contributed by atoms with Crippen molar-refractivity contribution < 1.29 is 14.7 Å². The van der Waals surface area contributed by atoms with E-state index in [0.29, 0.717) is 19.6 Å². The van der Waals surface area contributed by atoms with Crippen molar-refractivity contribution in [1.82, 2.24) is 15.1 Å². The van der Waals surface area contributed by atoms with Crippen LogP contribution in [-0.2, 0) is 4.79 Å². The van der Waals surface area contributed by atoms with Gasteiger partial charge in [-0.2, -0.15) is 0 Å². The van der Waals surface area contributed by atoms with Crippen LogP contribution >= 0.6 is 0 Å². The average Bonchev–Trinajstić information content (AvgIpc) is 2.73. The Morgan fingerprint density at radius 1 is 1.10 bits per heavy atom. The Morgan fingerprint density at radius 2 is 1.81 bits per heavy atom. The molecule has 0 aromatic carbocycles. The normalized spacial score (nSPS) is 22.8. The highest BCUT2D eigenvalue weighted by molar-refractivity contribution is 5.74. The zero-order valence-electron chi connectivity index (χ0n) is 12.9. The number of carboxylic acids is 1. The molecule has 120 valence electrons. The summed E-state index contributed by atoms with van der Waals surface area (Å²) in [4.78, 5) is 26.7. The van der Waals surface area contributed by atoms with Gasteiger partial charge in [-0.1, -0.05) is 19.8 Å². The molecule has 0 spiro atoms. The molecule has 2 amide bonds. The van der Waals surface area contributed by atoms with Gasteiger partial charge in [-0.15, -0.1) is 0 Å². The lowest BCUT2D eigenvalue weighted by Gasteiger charge is -2.27. The van der Waals surface area contributed by atoms with E-state index in [1.54, 1.807) is 0 Å². The van der Waals surface area contributed by atoms with E-state index in [1.807, 2.05) is 9.80 Å². The molecule has 6 nitrogen and oxygen atoms in total. The smallest absolute Gasteiger partial charge is 0.317 e. The molecule has 1 heterocycles. The van der Waals surface area contributed by atoms with Gasteiger partial charge in [-0.25, -0.2) is 4.79 Å². The third kappa shape index (κ3) is 4.88. The molecule has 2 N–H and O–H groups in total. The average molecular weight is 297 g/mol. The Labute approximate surface area is 126 Å². The largest absolute Gasteiger partial charge is 0.480 e. The second-order valence-corrected chi connectivity index (χ2v) is 6.69. The molecule has 21 heavy (non-hydrogen) atoms. The number of rotatable bonds is 4. The molecular formula is C15H27N3O3. The first-order valence-corrected chi connectivity index (χ1v) is 7.95.